The van der Waals surface area contributed by atoms with Crippen LogP contribution in [0.2, 0.25) is 0 Å². The van der Waals surface area contributed by atoms with Crippen molar-refractivity contribution in [2.45, 2.75) is 18.4 Å². The molecule has 0 aliphatic heterocycles. The lowest BCUT2D eigenvalue weighted by molar-refractivity contribution is -0.113. The van der Waals surface area contributed by atoms with E-state index in [0.717, 1.165) is 21.9 Å². The van der Waals surface area contributed by atoms with E-state index in [2.05, 4.69) is 5.32 Å². The summed E-state index contributed by atoms with van der Waals surface area (Å²) in [7, 11) is 1.63. The maximum Gasteiger partial charge on any atom is 0.234 e. The number of ether oxygens (including phenoxy) is 2. The van der Waals surface area contributed by atoms with E-state index in [-0.39, 0.29) is 5.91 Å². The average Bonchev–Trinajstić information content (AvgIpc) is 2.58. The number of methoxy groups -OCH3 is 1. The number of amides is 1. The Kier molecular flexibility index (Phi) is 6.97. The SMILES string of the molecule is CCOCc1cccc(NC(=O)CSc2cccc(OC)c2)c1. The number of nitrogens with one attached hydrogen (secondary N) is 1. The smallest absolute Gasteiger partial charge is 0.234 e. The summed E-state index contributed by atoms with van der Waals surface area (Å²) in [6.07, 6.45) is 0. The van der Waals surface area contributed by atoms with Gasteiger partial charge in [0.15, 0.2) is 0 Å². The lowest BCUT2D eigenvalue weighted by Crippen LogP contribution is -2.14. The van der Waals surface area contributed by atoms with Crippen LogP contribution in [0.3, 0.4) is 0 Å². The lowest BCUT2D eigenvalue weighted by atomic mass is 10.2. The largest absolute Gasteiger partial charge is 0.497 e. The summed E-state index contributed by atoms with van der Waals surface area (Å²) in [6, 6.07) is 15.4. The van der Waals surface area contributed by atoms with E-state index >= 15 is 0 Å². The molecule has 1 amide bonds. The van der Waals surface area contributed by atoms with Crippen molar-refractivity contribution in [3.8, 4) is 5.75 Å². The van der Waals surface area contributed by atoms with Crippen LogP contribution in [-0.2, 0) is 16.1 Å². The van der Waals surface area contributed by atoms with Crippen LogP contribution in [-0.4, -0.2) is 25.4 Å². The molecule has 0 aliphatic carbocycles. The molecule has 0 spiro atoms. The average molecular weight is 331 g/mol. The summed E-state index contributed by atoms with van der Waals surface area (Å²) in [5, 5.41) is 2.91. The van der Waals surface area contributed by atoms with Crippen LogP contribution in [0.4, 0.5) is 5.69 Å². The molecule has 1 N–H and O–H groups in total. The van der Waals surface area contributed by atoms with Gasteiger partial charge in [0.25, 0.3) is 0 Å². The first-order valence-electron chi connectivity index (χ1n) is 7.44. The fourth-order valence-corrected chi connectivity index (χ4v) is 2.74. The van der Waals surface area contributed by atoms with Crippen molar-refractivity contribution in [2.24, 2.45) is 0 Å². The predicted molar refractivity (Wildman–Crippen MR) is 94.1 cm³/mol. The first kappa shape index (κ1) is 17.4. The van der Waals surface area contributed by atoms with Crippen LogP contribution in [0.5, 0.6) is 5.75 Å². The third-order valence-corrected chi connectivity index (χ3v) is 4.09. The van der Waals surface area contributed by atoms with Crippen LogP contribution in [0.1, 0.15) is 12.5 Å². The van der Waals surface area contributed by atoms with Crippen molar-refractivity contribution in [3.63, 3.8) is 0 Å². The van der Waals surface area contributed by atoms with E-state index < -0.39 is 0 Å². The Hall–Kier alpha value is -1.98. The summed E-state index contributed by atoms with van der Waals surface area (Å²) in [5.41, 5.74) is 1.84. The minimum absolute atomic E-state index is 0.0358. The molecule has 0 aromatic heterocycles. The summed E-state index contributed by atoms with van der Waals surface area (Å²) in [6.45, 7) is 3.19. The van der Waals surface area contributed by atoms with Crippen LogP contribution in [0.25, 0.3) is 0 Å². The highest BCUT2D eigenvalue weighted by Gasteiger charge is 2.05. The summed E-state index contributed by atoms with van der Waals surface area (Å²) in [5.74, 6) is 1.11. The number of thioether (sulfide) groups is 1. The molecular formula is C18H21NO3S. The van der Waals surface area contributed by atoms with Gasteiger partial charge >= 0.3 is 0 Å². The van der Waals surface area contributed by atoms with Crippen LogP contribution >= 0.6 is 11.8 Å². The van der Waals surface area contributed by atoms with Gasteiger partial charge < -0.3 is 14.8 Å². The first-order chi connectivity index (χ1) is 11.2. The van der Waals surface area contributed by atoms with Crippen molar-refractivity contribution >= 4 is 23.4 Å². The lowest BCUT2D eigenvalue weighted by Gasteiger charge is -2.08. The molecule has 0 saturated carbocycles. The van der Waals surface area contributed by atoms with Crippen molar-refractivity contribution in [1.29, 1.82) is 0 Å². The third-order valence-electron chi connectivity index (χ3n) is 3.09. The zero-order valence-electron chi connectivity index (χ0n) is 13.4. The number of rotatable bonds is 8. The maximum atomic E-state index is 12.1. The standard InChI is InChI=1S/C18H21NO3S/c1-3-22-12-14-6-4-7-15(10-14)19-18(20)13-23-17-9-5-8-16(11-17)21-2/h4-11H,3,12-13H2,1-2H3,(H,19,20). The van der Waals surface area contributed by atoms with Gasteiger partial charge in [-0.05, 0) is 42.8 Å². The van der Waals surface area contributed by atoms with E-state index in [4.69, 9.17) is 9.47 Å². The highest BCUT2D eigenvalue weighted by molar-refractivity contribution is 8.00. The Balaban J connectivity index is 1.86. The first-order valence-corrected chi connectivity index (χ1v) is 8.43. The summed E-state index contributed by atoms with van der Waals surface area (Å²) >= 11 is 1.48. The number of benzene rings is 2. The number of anilines is 1. The van der Waals surface area contributed by atoms with Gasteiger partial charge in [-0.15, -0.1) is 11.8 Å². The Morgan fingerprint density at radius 3 is 2.78 bits per heavy atom. The van der Waals surface area contributed by atoms with E-state index in [1.807, 2.05) is 55.5 Å². The molecule has 2 aromatic carbocycles. The molecular weight excluding hydrogens is 310 g/mol. The number of hydrogen-bond acceptors (Lipinski definition) is 4. The molecule has 0 heterocycles. The highest BCUT2D eigenvalue weighted by atomic mass is 32.2. The van der Waals surface area contributed by atoms with E-state index in [1.165, 1.54) is 11.8 Å². The second kappa shape index (κ2) is 9.22. The normalized spacial score (nSPS) is 10.3. The van der Waals surface area contributed by atoms with Crippen molar-refractivity contribution in [1.82, 2.24) is 0 Å². The van der Waals surface area contributed by atoms with Crippen LogP contribution in [0, 0.1) is 0 Å². The van der Waals surface area contributed by atoms with Gasteiger partial charge in [0.1, 0.15) is 5.75 Å². The molecule has 5 heteroatoms. The second-order valence-corrected chi connectivity index (χ2v) is 5.90. The molecule has 0 fully saturated rings. The Bertz CT molecular complexity index is 646. The molecule has 0 unspecified atom stereocenters. The molecule has 0 saturated heterocycles. The monoisotopic (exact) mass is 331 g/mol. The van der Waals surface area contributed by atoms with E-state index in [0.29, 0.717) is 19.0 Å². The molecule has 0 bridgehead atoms. The van der Waals surface area contributed by atoms with Gasteiger partial charge in [-0.25, -0.2) is 0 Å². The number of hydrogen-bond donors (Lipinski definition) is 1. The Labute approximate surface area is 141 Å². The molecule has 0 radical (unpaired) electrons. The molecule has 2 rings (SSSR count). The van der Waals surface area contributed by atoms with Gasteiger partial charge in [-0.3, -0.25) is 4.79 Å². The molecule has 0 atom stereocenters. The quantitative estimate of drug-likeness (QED) is 0.744. The molecule has 2 aromatic rings. The summed E-state index contributed by atoms with van der Waals surface area (Å²) in [4.78, 5) is 13.1. The topological polar surface area (TPSA) is 47.6 Å². The van der Waals surface area contributed by atoms with Gasteiger partial charge in [0, 0.05) is 17.2 Å². The molecule has 122 valence electrons. The Morgan fingerprint density at radius 2 is 2.00 bits per heavy atom. The predicted octanol–water partition coefficient (Wildman–Crippen LogP) is 3.96. The van der Waals surface area contributed by atoms with Crippen LogP contribution < -0.4 is 10.1 Å². The minimum atomic E-state index is -0.0358. The zero-order valence-corrected chi connectivity index (χ0v) is 14.2. The van der Waals surface area contributed by atoms with Gasteiger partial charge in [0.05, 0.1) is 19.5 Å². The number of carbonyl (C=O) groups is 1. The maximum absolute atomic E-state index is 12.1. The van der Waals surface area contributed by atoms with E-state index in [9.17, 15) is 4.79 Å². The summed E-state index contributed by atoms with van der Waals surface area (Å²) < 4.78 is 10.6. The van der Waals surface area contributed by atoms with Gasteiger partial charge in [-0.1, -0.05) is 18.2 Å². The fourth-order valence-electron chi connectivity index (χ4n) is 2.00. The minimum Gasteiger partial charge on any atom is -0.497 e. The van der Waals surface area contributed by atoms with Crippen molar-refractivity contribution in [2.75, 3.05) is 24.8 Å². The number of carbonyl (C=O) groups excluding carboxylic acids is 1. The molecule has 23 heavy (non-hydrogen) atoms. The Morgan fingerprint density at radius 1 is 1.17 bits per heavy atom. The van der Waals surface area contributed by atoms with Gasteiger partial charge in [-0.2, -0.15) is 0 Å². The zero-order chi connectivity index (χ0) is 16.5. The van der Waals surface area contributed by atoms with Crippen molar-refractivity contribution in [3.05, 3.63) is 54.1 Å². The van der Waals surface area contributed by atoms with Crippen molar-refractivity contribution < 1.29 is 14.3 Å². The highest BCUT2D eigenvalue weighted by Crippen LogP contribution is 2.23. The third kappa shape index (κ3) is 5.96. The molecule has 4 nitrogen and oxygen atoms in total. The fraction of sp³-hybridized carbons (Fsp3) is 0.278. The van der Waals surface area contributed by atoms with E-state index in [1.54, 1.807) is 7.11 Å². The molecule has 0 aliphatic rings. The van der Waals surface area contributed by atoms with Crippen LogP contribution in [0.15, 0.2) is 53.4 Å². The second-order valence-electron chi connectivity index (χ2n) is 4.85. The van der Waals surface area contributed by atoms with Gasteiger partial charge in [0.2, 0.25) is 5.91 Å².